The Morgan fingerprint density at radius 2 is 1.86 bits per heavy atom. The van der Waals surface area contributed by atoms with Crippen LogP contribution < -0.4 is 0 Å². The normalized spacial score (nSPS) is 12.0. The van der Waals surface area contributed by atoms with Crippen molar-refractivity contribution in [1.82, 2.24) is 0 Å². The second-order valence-electron chi connectivity index (χ2n) is 4.12. The van der Waals surface area contributed by atoms with Crippen molar-refractivity contribution in [1.29, 1.82) is 0 Å². The number of halogens is 5. The van der Waals surface area contributed by atoms with Gasteiger partial charge < -0.3 is 5.11 Å². The van der Waals surface area contributed by atoms with Crippen molar-refractivity contribution in [2.75, 3.05) is 0 Å². The van der Waals surface area contributed by atoms with Crippen molar-refractivity contribution < 1.29 is 18.3 Å². The van der Waals surface area contributed by atoms with E-state index in [1.54, 1.807) is 12.1 Å². The summed E-state index contributed by atoms with van der Waals surface area (Å²) in [6.45, 7) is 0. The van der Waals surface area contributed by atoms with Crippen LogP contribution in [0, 0.1) is 0 Å². The van der Waals surface area contributed by atoms with E-state index in [-0.39, 0.29) is 16.5 Å². The molecule has 0 unspecified atom stereocenters. The van der Waals surface area contributed by atoms with Crippen LogP contribution >= 0.6 is 27.5 Å². The molecule has 0 aliphatic rings. The van der Waals surface area contributed by atoms with E-state index in [0.717, 1.165) is 6.07 Å². The number of alkyl halides is 3. The van der Waals surface area contributed by atoms with Crippen LogP contribution in [0.5, 0.6) is 5.75 Å². The summed E-state index contributed by atoms with van der Waals surface area (Å²) in [5.41, 5.74) is -0.903. The predicted molar refractivity (Wildman–Crippen MR) is 79.5 cm³/mol. The Morgan fingerprint density at radius 3 is 2.52 bits per heavy atom. The van der Waals surface area contributed by atoms with E-state index in [4.69, 9.17) is 11.6 Å². The zero-order valence-electron chi connectivity index (χ0n) is 10.3. The molecule has 0 saturated carbocycles. The van der Waals surface area contributed by atoms with E-state index in [1.165, 1.54) is 24.4 Å². The lowest BCUT2D eigenvalue weighted by Gasteiger charge is -2.10. The first kappa shape index (κ1) is 15.9. The van der Waals surface area contributed by atoms with Crippen molar-refractivity contribution in [3.05, 3.63) is 57.0 Å². The van der Waals surface area contributed by atoms with Crippen LogP contribution in [-0.4, -0.2) is 11.3 Å². The highest BCUT2D eigenvalue weighted by atomic mass is 79.9. The highest BCUT2D eigenvalue weighted by Crippen LogP contribution is 2.38. The summed E-state index contributed by atoms with van der Waals surface area (Å²) in [6.07, 6.45) is -3.39. The van der Waals surface area contributed by atoms with Crippen molar-refractivity contribution >= 4 is 39.4 Å². The molecule has 0 amide bonds. The molecule has 0 aliphatic heterocycles. The molecule has 0 saturated heterocycles. The minimum absolute atomic E-state index is 0.0217. The van der Waals surface area contributed by atoms with Crippen LogP contribution in [0.4, 0.5) is 18.9 Å². The van der Waals surface area contributed by atoms with Crippen LogP contribution in [0.3, 0.4) is 0 Å². The van der Waals surface area contributed by atoms with Gasteiger partial charge in [-0.05, 0) is 36.4 Å². The zero-order chi connectivity index (χ0) is 15.6. The Kier molecular flexibility index (Phi) is 4.58. The Bertz CT molecular complexity index is 701. The number of aromatic hydroxyl groups is 1. The highest BCUT2D eigenvalue weighted by molar-refractivity contribution is 9.10. The number of nitrogens with zero attached hydrogens (tertiary/aromatic N) is 1. The van der Waals surface area contributed by atoms with Crippen molar-refractivity contribution in [3.8, 4) is 5.75 Å². The van der Waals surface area contributed by atoms with E-state index in [2.05, 4.69) is 20.9 Å². The summed E-state index contributed by atoms with van der Waals surface area (Å²) in [4.78, 5) is 3.80. The van der Waals surface area contributed by atoms with Gasteiger partial charge in [0.15, 0.2) is 0 Å². The van der Waals surface area contributed by atoms with E-state index in [1.807, 2.05) is 0 Å². The molecule has 0 heterocycles. The number of aliphatic imine (C=N–C) groups is 1. The molecule has 2 aromatic rings. The molecule has 0 aliphatic carbocycles. The number of phenolic OH excluding ortho intramolecular Hbond substituents is 1. The number of rotatable bonds is 2. The average Bonchev–Trinajstić information content (AvgIpc) is 2.40. The SMILES string of the molecule is Oc1ccc(Br)cc1C=Nc1ccc(Cl)cc1C(F)(F)F. The number of hydrogen-bond acceptors (Lipinski definition) is 2. The van der Waals surface area contributed by atoms with Gasteiger partial charge in [0.1, 0.15) is 5.75 Å². The molecule has 2 nitrogen and oxygen atoms in total. The smallest absolute Gasteiger partial charge is 0.418 e. The van der Waals surface area contributed by atoms with Gasteiger partial charge in [0.2, 0.25) is 0 Å². The molecule has 2 aromatic carbocycles. The Hall–Kier alpha value is -1.53. The van der Waals surface area contributed by atoms with E-state index >= 15 is 0 Å². The van der Waals surface area contributed by atoms with Gasteiger partial charge in [0.05, 0.1) is 11.3 Å². The standard InChI is InChI=1S/C14H8BrClF3NO/c15-9-1-4-13(21)8(5-9)7-20-12-3-2-10(16)6-11(12)14(17,18)19/h1-7,21H. The molecule has 0 fully saturated rings. The molecule has 7 heteroatoms. The monoisotopic (exact) mass is 377 g/mol. The van der Waals surface area contributed by atoms with Crippen LogP contribution in [0.15, 0.2) is 45.9 Å². The maximum atomic E-state index is 12.9. The molecule has 2 rings (SSSR count). The Labute approximate surface area is 132 Å². The van der Waals surface area contributed by atoms with Crippen LogP contribution in [-0.2, 0) is 6.18 Å². The summed E-state index contributed by atoms with van der Waals surface area (Å²) >= 11 is 8.80. The molecule has 0 aromatic heterocycles. The van der Waals surface area contributed by atoms with Gasteiger partial charge in [-0.3, -0.25) is 4.99 Å². The highest BCUT2D eigenvalue weighted by Gasteiger charge is 2.33. The molecular weight excluding hydrogens is 371 g/mol. The second-order valence-corrected chi connectivity index (χ2v) is 5.47. The van der Waals surface area contributed by atoms with Gasteiger partial charge in [0.25, 0.3) is 0 Å². The number of phenols is 1. The molecule has 21 heavy (non-hydrogen) atoms. The van der Waals surface area contributed by atoms with Gasteiger partial charge in [-0.25, -0.2) is 0 Å². The largest absolute Gasteiger partial charge is 0.507 e. The Morgan fingerprint density at radius 1 is 1.14 bits per heavy atom. The lowest BCUT2D eigenvalue weighted by atomic mass is 10.1. The van der Waals surface area contributed by atoms with Gasteiger partial charge in [-0.2, -0.15) is 13.2 Å². The molecular formula is C14H8BrClF3NO. The van der Waals surface area contributed by atoms with E-state index < -0.39 is 11.7 Å². The fourth-order valence-corrected chi connectivity index (χ4v) is 2.17. The maximum Gasteiger partial charge on any atom is 0.418 e. The fraction of sp³-hybridized carbons (Fsp3) is 0.0714. The molecule has 1 N–H and O–H groups in total. The van der Waals surface area contributed by atoms with Crippen LogP contribution in [0.1, 0.15) is 11.1 Å². The molecule has 0 atom stereocenters. The second kappa shape index (κ2) is 6.07. The summed E-state index contributed by atoms with van der Waals surface area (Å²) in [5, 5.41) is 9.61. The minimum Gasteiger partial charge on any atom is -0.507 e. The van der Waals surface area contributed by atoms with Gasteiger partial charge in [-0.1, -0.05) is 27.5 Å². The minimum atomic E-state index is -4.56. The third-order valence-corrected chi connectivity index (χ3v) is 3.32. The first-order valence-corrected chi connectivity index (χ1v) is 6.84. The lowest BCUT2D eigenvalue weighted by molar-refractivity contribution is -0.137. The summed E-state index contributed by atoms with van der Waals surface area (Å²) in [6, 6.07) is 7.88. The van der Waals surface area contributed by atoms with Crippen molar-refractivity contribution in [3.63, 3.8) is 0 Å². The quantitative estimate of drug-likeness (QED) is 0.680. The maximum absolute atomic E-state index is 12.9. The summed E-state index contributed by atoms with van der Waals surface area (Å²) in [5.74, 6) is -0.0792. The predicted octanol–water partition coefficient (Wildman–Crippen LogP) is 5.58. The molecule has 110 valence electrons. The lowest BCUT2D eigenvalue weighted by Crippen LogP contribution is -2.05. The zero-order valence-corrected chi connectivity index (χ0v) is 12.7. The first-order chi connectivity index (χ1) is 9.77. The summed E-state index contributed by atoms with van der Waals surface area (Å²) in [7, 11) is 0. The third-order valence-electron chi connectivity index (χ3n) is 2.60. The van der Waals surface area contributed by atoms with Crippen LogP contribution in [0.2, 0.25) is 5.02 Å². The van der Waals surface area contributed by atoms with E-state index in [9.17, 15) is 18.3 Å². The van der Waals surface area contributed by atoms with Gasteiger partial charge in [-0.15, -0.1) is 0 Å². The molecule has 0 radical (unpaired) electrons. The Balaban J connectivity index is 2.44. The summed E-state index contributed by atoms with van der Waals surface area (Å²) < 4.78 is 39.4. The van der Waals surface area contributed by atoms with Crippen LogP contribution in [0.25, 0.3) is 0 Å². The molecule has 0 bridgehead atoms. The molecule has 0 spiro atoms. The van der Waals surface area contributed by atoms with E-state index in [0.29, 0.717) is 10.0 Å². The number of benzene rings is 2. The van der Waals surface area contributed by atoms with Gasteiger partial charge in [0, 0.05) is 21.3 Å². The third kappa shape index (κ3) is 3.98. The van der Waals surface area contributed by atoms with Crippen molar-refractivity contribution in [2.45, 2.75) is 6.18 Å². The fourth-order valence-electron chi connectivity index (χ4n) is 1.62. The average molecular weight is 379 g/mol. The van der Waals surface area contributed by atoms with Crippen molar-refractivity contribution in [2.24, 2.45) is 4.99 Å². The first-order valence-electron chi connectivity index (χ1n) is 5.67. The number of hydrogen-bond donors (Lipinski definition) is 1. The van der Waals surface area contributed by atoms with Gasteiger partial charge >= 0.3 is 6.18 Å². The topological polar surface area (TPSA) is 32.6 Å².